The van der Waals surface area contributed by atoms with Crippen LogP contribution < -0.4 is 9.47 Å². The van der Waals surface area contributed by atoms with E-state index in [0.29, 0.717) is 11.1 Å². The second-order valence-electron chi connectivity index (χ2n) is 6.44. The van der Waals surface area contributed by atoms with Gasteiger partial charge in [-0.25, -0.2) is 8.78 Å². The zero-order valence-corrected chi connectivity index (χ0v) is 16.5. The first-order chi connectivity index (χ1) is 14.5. The lowest BCUT2D eigenvalue weighted by atomic mass is 10.0. The fourth-order valence-electron chi connectivity index (χ4n) is 2.93. The molecule has 0 atom stereocenters. The third kappa shape index (κ3) is 4.48. The first-order valence-corrected chi connectivity index (χ1v) is 9.39. The summed E-state index contributed by atoms with van der Waals surface area (Å²) < 4.78 is 67.0. The molecule has 0 aliphatic carbocycles. The van der Waals surface area contributed by atoms with Gasteiger partial charge in [0, 0.05) is 11.1 Å². The minimum atomic E-state index is -1.06. The van der Waals surface area contributed by atoms with Crippen LogP contribution in [0.5, 0.6) is 11.5 Å². The second-order valence-corrected chi connectivity index (χ2v) is 6.44. The van der Waals surface area contributed by atoms with E-state index in [2.05, 4.69) is 0 Å². The highest BCUT2D eigenvalue weighted by atomic mass is 19.2. The quantitative estimate of drug-likeness (QED) is 0.389. The molecule has 0 aromatic heterocycles. The van der Waals surface area contributed by atoms with Crippen LogP contribution in [-0.2, 0) is 6.61 Å². The normalized spacial score (nSPS) is 11.1. The summed E-state index contributed by atoms with van der Waals surface area (Å²) in [4.78, 5) is 0. The monoisotopic (exact) mass is 416 g/mol. The fourth-order valence-corrected chi connectivity index (χ4v) is 2.93. The molecule has 0 saturated carbocycles. The number of hydrogen-bond donors (Lipinski definition) is 0. The molecule has 6 heteroatoms. The molecule has 156 valence electrons. The van der Waals surface area contributed by atoms with Gasteiger partial charge in [-0.3, -0.25) is 0 Å². The third-order valence-corrected chi connectivity index (χ3v) is 4.43. The van der Waals surface area contributed by atoms with Crippen LogP contribution >= 0.6 is 0 Å². The first-order valence-electron chi connectivity index (χ1n) is 9.39. The van der Waals surface area contributed by atoms with Gasteiger partial charge in [0.2, 0.25) is 11.6 Å². The summed E-state index contributed by atoms with van der Waals surface area (Å²) in [5.41, 5.74) is 1.35. The van der Waals surface area contributed by atoms with Crippen molar-refractivity contribution in [1.82, 2.24) is 0 Å². The Balaban J connectivity index is 1.74. The lowest BCUT2D eigenvalue weighted by molar-refractivity contribution is 0.284. The number of benzene rings is 3. The Morgan fingerprint density at radius 3 is 2.03 bits per heavy atom. The Morgan fingerprint density at radius 1 is 0.733 bits per heavy atom. The van der Waals surface area contributed by atoms with E-state index in [9.17, 15) is 17.6 Å². The highest BCUT2D eigenvalue weighted by Crippen LogP contribution is 2.30. The van der Waals surface area contributed by atoms with E-state index in [1.54, 1.807) is 44.2 Å². The lowest BCUT2D eigenvalue weighted by Crippen LogP contribution is -2.00. The van der Waals surface area contributed by atoms with Gasteiger partial charge in [-0.2, -0.15) is 8.78 Å². The van der Waals surface area contributed by atoms with Crippen molar-refractivity contribution >= 4 is 6.08 Å². The van der Waals surface area contributed by atoms with E-state index < -0.39 is 23.3 Å². The molecule has 0 aliphatic heterocycles. The molecule has 0 aliphatic rings. The predicted molar refractivity (Wildman–Crippen MR) is 108 cm³/mol. The van der Waals surface area contributed by atoms with E-state index in [4.69, 9.17) is 9.47 Å². The molecule has 0 radical (unpaired) electrons. The van der Waals surface area contributed by atoms with Crippen LogP contribution in [0.2, 0.25) is 0 Å². The maximum atomic E-state index is 14.3. The Morgan fingerprint density at radius 2 is 1.37 bits per heavy atom. The van der Waals surface area contributed by atoms with E-state index in [-0.39, 0.29) is 35.8 Å². The van der Waals surface area contributed by atoms with Gasteiger partial charge >= 0.3 is 0 Å². The van der Waals surface area contributed by atoms with Crippen LogP contribution in [0, 0.1) is 23.3 Å². The number of halogens is 4. The Bertz CT molecular complexity index is 1060. The van der Waals surface area contributed by atoms with Crippen LogP contribution in [0.15, 0.2) is 54.6 Å². The van der Waals surface area contributed by atoms with Gasteiger partial charge < -0.3 is 9.47 Å². The van der Waals surface area contributed by atoms with Gasteiger partial charge in [0.15, 0.2) is 23.1 Å². The molecule has 0 N–H and O–H groups in total. The molecule has 0 heterocycles. The van der Waals surface area contributed by atoms with E-state index in [1.807, 2.05) is 0 Å². The van der Waals surface area contributed by atoms with Crippen LogP contribution in [0.4, 0.5) is 17.6 Å². The summed E-state index contributed by atoms with van der Waals surface area (Å²) in [6.45, 7) is 3.61. The van der Waals surface area contributed by atoms with E-state index in [0.717, 1.165) is 0 Å². The SMILES string of the molecule is C/C=C/c1ccc(OCc2ccc(-c3ccc(OCC)c(F)c3F)cc2)c(F)c1F. The topological polar surface area (TPSA) is 18.5 Å². The van der Waals surface area contributed by atoms with Crippen molar-refractivity contribution in [1.29, 1.82) is 0 Å². The average molecular weight is 416 g/mol. The molecule has 0 amide bonds. The van der Waals surface area contributed by atoms with E-state index >= 15 is 0 Å². The summed E-state index contributed by atoms with van der Waals surface area (Å²) >= 11 is 0. The van der Waals surface area contributed by atoms with Crippen LogP contribution in [0.1, 0.15) is 25.0 Å². The maximum Gasteiger partial charge on any atom is 0.201 e. The highest BCUT2D eigenvalue weighted by Gasteiger charge is 2.16. The average Bonchev–Trinajstić information content (AvgIpc) is 2.75. The summed E-state index contributed by atoms with van der Waals surface area (Å²) in [6, 6.07) is 12.1. The molecule has 3 rings (SSSR count). The molecule has 0 spiro atoms. The van der Waals surface area contributed by atoms with Gasteiger partial charge in [-0.1, -0.05) is 36.4 Å². The minimum Gasteiger partial charge on any atom is -0.491 e. The molecular formula is C24H20F4O2. The van der Waals surface area contributed by atoms with Gasteiger partial charge in [0.25, 0.3) is 0 Å². The number of hydrogen-bond acceptors (Lipinski definition) is 2. The maximum absolute atomic E-state index is 14.3. The molecular weight excluding hydrogens is 396 g/mol. The van der Waals surface area contributed by atoms with Crippen molar-refractivity contribution in [3.8, 4) is 22.6 Å². The second kappa shape index (κ2) is 9.48. The number of ether oxygens (including phenoxy) is 2. The molecule has 30 heavy (non-hydrogen) atoms. The number of allylic oxidation sites excluding steroid dienone is 1. The molecule has 0 fully saturated rings. The highest BCUT2D eigenvalue weighted by molar-refractivity contribution is 5.65. The zero-order valence-electron chi connectivity index (χ0n) is 16.5. The predicted octanol–water partition coefficient (Wildman–Crippen LogP) is 6.92. The van der Waals surface area contributed by atoms with Gasteiger partial charge in [-0.15, -0.1) is 0 Å². The van der Waals surface area contributed by atoms with Crippen LogP contribution in [-0.4, -0.2) is 6.61 Å². The van der Waals surface area contributed by atoms with Crippen molar-refractivity contribution in [2.24, 2.45) is 0 Å². The zero-order chi connectivity index (χ0) is 21.7. The van der Waals surface area contributed by atoms with Crippen LogP contribution in [0.3, 0.4) is 0 Å². The third-order valence-electron chi connectivity index (χ3n) is 4.43. The van der Waals surface area contributed by atoms with Crippen molar-refractivity contribution in [2.75, 3.05) is 6.61 Å². The van der Waals surface area contributed by atoms with Crippen LogP contribution in [0.25, 0.3) is 17.2 Å². The van der Waals surface area contributed by atoms with Gasteiger partial charge in [0.1, 0.15) is 6.61 Å². The van der Waals surface area contributed by atoms with Crippen molar-refractivity contribution in [3.63, 3.8) is 0 Å². The molecule has 0 saturated heterocycles. The minimum absolute atomic E-state index is 0.0142. The summed E-state index contributed by atoms with van der Waals surface area (Å²) in [6.07, 6.45) is 3.07. The summed E-state index contributed by atoms with van der Waals surface area (Å²) in [5, 5.41) is 0. The fraction of sp³-hybridized carbons (Fsp3) is 0.167. The number of rotatable bonds is 7. The Kier molecular flexibility index (Phi) is 6.77. The van der Waals surface area contributed by atoms with Gasteiger partial charge in [-0.05, 0) is 49.2 Å². The summed E-state index contributed by atoms with van der Waals surface area (Å²) in [5.74, 6) is -4.42. The largest absolute Gasteiger partial charge is 0.491 e. The lowest BCUT2D eigenvalue weighted by Gasteiger charge is -2.11. The van der Waals surface area contributed by atoms with E-state index in [1.165, 1.54) is 30.3 Å². The van der Waals surface area contributed by atoms with Gasteiger partial charge in [0.05, 0.1) is 6.61 Å². The molecule has 3 aromatic carbocycles. The smallest absolute Gasteiger partial charge is 0.201 e. The molecule has 2 nitrogen and oxygen atoms in total. The Hall–Kier alpha value is -3.28. The standard InChI is InChI=1S/C24H20F4O2/c1-3-5-17-10-12-20(23(27)21(17)25)30-14-15-6-8-16(9-7-15)18-11-13-19(29-4-2)24(28)22(18)26/h3,5-13H,4,14H2,1-2H3/b5-3+. The molecule has 3 aromatic rings. The van der Waals surface area contributed by atoms with Crippen molar-refractivity contribution < 1.29 is 27.0 Å². The van der Waals surface area contributed by atoms with Crippen molar-refractivity contribution in [3.05, 3.63) is 89.0 Å². The Labute approximate surface area is 172 Å². The molecule has 0 unspecified atom stereocenters. The first kappa shape index (κ1) is 21.4. The van der Waals surface area contributed by atoms with Crippen molar-refractivity contribution in [2.45, 2.75) is 20.5 Å². The summed E-state index contributed by atoms with van der Waals surface area (Å²) in [7, 11) is 0. The molecule has 0 bridgehead atoms.